The largest absolute Gasteiger partial charge is 0.416 e. The summed E-state index contributed by atoms with van der Waals surface area (Å²) in [7, 11) is 0. The quantitative estimate of drug-likeness (QED) is 0.380. The third-order valence-corrected chi connectivity index (χ3v) is 5.37. The first-order valence-electron chi connectivity index (χ1n) is 11.1. The van der Waals surface area contributed by atoms with Gasteiger partial charge in [0.05, 0.1) is 24.0 Å². The lowest BCUT2D eigenvalue weighted by Gasteiger charge is -2.10. The third kappa shape index (κ3) is 5.35. The first-order valence-corrected chi connectivity index (χ1v) is 11.1. The topological polar surface area (TPSA) is 98.9 Å². The molecule has 4 rings (SSSR count). The Morgan fingerprint density at radius 2 is 1.81 bits per heavy atom. The van der Waals surface area contributed by atoms with Crippen molar-refractivity contribution in [1.82, 2.24) is 19.3 Å². The highest BCUT2D eigenvalue weighted by molar-refractivity contribution is 5.97. The number of fused-ring (bicyclic) bond motifs is 1. The van der Waals surface area contributed by atoms with Crippen LogP contribution in [0, 0.1) is 5.92 Å². The van der Waals surface area contributed by atoms with Crippen molar-refractivity contribution in [2.75, 3.05) is 5.32 Å². The van der Waals surface area contributed by atoms with Crippen LogP contribution in [0.3, 0.4) is 0 Å². The number of nitrogens with one attached hydrogen (secondary N) is 1. The van der Waals surface area contributed by atoms with Gasteiger partial charge >= 0.3 is 6.18 Å². The van der Waals surface area contributed by atoms with Crippen LogP contribution in [0.25, 0.3) is 16.7 Å². The zero-order chi connectivity index (χ0) is 26.0. The first kappa shape index (κ1) is 24.8. The number of amides is 1. The van der Waals surface area contributed by atoms with Gasteiger partial charge in [0.1, 0.15) is 11.7 Å². The van der Waals surface area contributed by atoms with Crippen LogP contribution >= 0.6 is 0 Å². The fraction of sp³-hybridized carbons (Fsp3) is 0.240. The van der Waals surface area contributed by atoms with Gasteiger partial charge in [0, 0.05) is 17.7 Å². The zero-order valence-corrected chi connectivity index (χ0v) is 19.4. The van der Waals surface area contributed by atoms with Gasteiger partial charge in [-0.3, -0.25) is 19.0 Å². The molecule has 2 aromatic heterocycles. The predicted octanol–water partition coefficient (Wildman–Crippen LogP) is 4.47. The van der Waals surface area contributed by atoms with Crippen LogP contribution < -0.4 is 10.9 Å². The van der Waals surface area contributed by atoms with Crippen LogP contribution in [0.1, 0.15) is 36.2 Å². The normalized spacial score (nSPS) is 11.7. The Hall–Kier alpha value is -4.28. The van der Waals surface area contributed by atoms with Crippen molar-refractivity contribution in [2.45, 2.75) is 33.0 Å². The number of hydrogen-bond donors (Lipinski definition) is 1. The smallest absolute Gasteiger partial charge is 0.326 e. The molecule has 36 heavy (non-hydrogen) atoms. The number of Topliss-reactive ketones (excluding diaryl/α,β-unsaturated/α-hetero) is 1. The molecular formula is C25H22F3N5O3. The molecule has 0 aliphatic heterocycles. The van der Waals surface area contributed by atoms with Crippen molar-refractivity contribution in [2.24, 2.45) is 5.92 Å². The van der Waals surface area contributed by atoms with Crippen molar-refractivity contribution in [3.63, 3.8) is 0 Å². The molecule has 0 spiro atoms. The summed E-state index contributed by atoms with van der Waals surface area (Å²) in [6, 6.07) is 10.8. The molecule has 0 aliphatic carbocycles. The lowest BCUT2D eigenvalue weighted by molar-refractivity contribution is -0.137. The summed E-state index contributed by atoms with van der Waals surface area (Å²) in [5.74, 6) is -0.267. The molecule has 0 saturated carbocycles. The van der Waals surface area contributed by atoms with Crippen LogP contribution in [-0.2, 0) is 17.5 Å². The highest BCUT2D eigenvalue weighted by Gasteiger charge is 2.30. The summed E-state index contributed by atoms with van der Waals surface area (Å²) >= 11 is 0. The highest BCUT2D eigenvalue weighted by atomic mass is 19.4. The Morgan fingerprint density at radius 3 is 2.47 bits per heavy atom. The van der Waals surface area contributed by atoms with Crippen molar-refractivity contribution in [1.29, 1.82) is 0 Å². The molecule has 0 atom stereocenters. The van der Waals surface area contributed by atoms with Gasteiger partial charge in [-0.2, -0.15) is 18.3 Å². The second-order valence-corrected chi connectivity index (χ2v) is 8.67. The Morgan fingerprint density at radius 1 is 1.08 bits per heavy atom. The number of rotatable bonds is 7. The molecule has 0 radical (unpaired) electrons. The summed E-state index contributed by atoms with van der Waals surface area (Å²) in [6.45, 7) is 3.58. The van der Waals surface area contributed by atoms with Crippen molar-refractivity contribution >= 4 is 28.4 Å². The van der Waals surface area contributed by atoms with Crippen LogP contribution in [0.15, 0.2) is 65.8 Å². The lowest BCUT2D eigenvalue weighted by Crippen LogP contribution is -2.24. The van der Waals surface area contributed by atoms with E-state index < -0.39 is 17.3 Å². The van der Waals surface area contributed by atoms with Gasteiger partial charge in [-0.25, -0.2) is 9.67 Å². The monoisotopic (exact) mass is 497 g/mol. The van der Waals surface area contributed by atoms with Crippen molar-refractivity contribution < 1.29 is 22.8 Å². The standard InChI is InChI=1S/C25H22F3N5O3/c1-15(2)10-22(35)31-18-8-6-16(7-9-18)21(34)13-32-14-29-23-20(24(32)36)12-30-33(23)19-5-3-4-17(11-19)25(26,27)28/h3-9,11-12,14-15H,10,13H2,1-2H3,(H,31,35). The minimum absolute atomic E-state index is 0.0610. The molecule has 0 saturated heterocycles. The van der Waals surface area contributed by atoms with Crippen LogP contribution in [-0.4, -0.2) is 31.0 Å². The average molecular weight is 497 g/mol. The van der Waals surface area contributed by atoms with E-state index in [4.69, 9.17) is 0 Å². The average Bonchev–Trinajstić information content (AvgIpc) is 3.25. The van der Waals surface area contributed by atoms with E-state index in [9.17, 15) is 27.6 Å². The fourth-order valence-corrected chi connectivity index (χ4v) is 3.63. The minimum Gasteiger partial charge on any atom is -0.326 e. The molecule has 0 unspecified atom stereocenters. The van der Waals surface area contributed by atoms with Crippen LogP contribution in [0.4, 0.5) is 18.9 Å². The second kappa shape index (κ2) is 9.76. The van der Waals surface area contributed by atoms with E-state index >= 15 is 0 Å². The summed E-state index contributed by atoms with van der Waals surface area (Å²) in [4.78, 5) is 41.7. The van der Waals surface area contributed by atoms with Crippen molar-refractivity contribution in [3.05, 3.63) is 82.5 Å². The van der Waals surface area contributed by atoms with Gasteiger partial charge in [0.2, 0.25) is 5.91 Å². The molecule has 4 aromatic rings. The summed E-state index contributed by atoms with van der Waals surface area (Å²) in [6.07, 6.45) is -1.78. The Labute approximate surface area is 203 Å². The van der Waals surface area contributed by atoms with Crippen LogP contribution in [0.5, 0.6) is 0 Å². The summed E-state index contributed by atoms with van der Waals surface area (Å²) in [5, 5.41) is 6.85. The van der Waals surface area contributed by atoms with E-state index in [1.165, 1.54) is 18.3 Å². The number of carbonyl (C=O) groups excluding carboxylic acids is 2. The molecule has 0 aliphatic rings. The number of carbonyl (C=O) groups is 2. The van der Waals surface area contributed by atoms with E-state index in [1.807, 2.05) is 13.8 Å². The molecule has 186 valence electrons. The molecular weight excluding hydrogens is 475 g/mol. The fourth-order valence-electron chi connectivity index (χ4n) is 3.63. The molecule has 11 heteroatoms. The third-order valence-electron chi connectivity index (χ3n) is 5.37. The number of anilines is 1. The maximum absolute atomic E-state index is 13.1. The van der Waals surface area contributed by atoms with Gasteiger partial charge < -0.3 is 5.32 Å². The van der Waals surface area contributed by atoms with E-state index in [1.54, 1.807) is 24.3 Å². The molecule has 0 bridgehead atoms. The summed E-state index contributed by atoms with van der Waals surface area (Å²) < 4.78 is 41.5. The number of nitrogens with zero attached hydrogens (tertiary/aromatic N) is 4. The first-order chi connectivity index (χ1) is 17.0. The van der Waals surface area contributed by atoms with Gasteiger partial charge in [-0.1, -0.05) is 19.9 Å². The highest BCUT2D eigenvalue weighted by Crippen LogP contribution is 2.30. The van der Waals surface area contributed by atoms with Crippen molar-refractivity contribution in [3.8, 4) is 5.69 Å². The maximum atomic E-state index is 13.1. The number of benzene rings is 2. The van der Waals surface area contributed by atoms with E-state index in [2.05, 4.69) is 15.4 Å². The predicted molar refractivity (Wildman–Crippen MR) is 127 cm³/mol. The number of ketones is 1. The summed E-state index contributed by atoms with van der Waals surface area (Å²) in [5.41, 5.74) is -0.342. The minimum atomic E-state index is -4.53. The Kier molecular flexibility index (Phi) is 6.73. The number of halogens is 3. The number of aromatic nitrogens is 4. The number of hydrogen-bond acceptors (Lipinski definition) is 5. The molecule has 2 aromatic carbocycles. The van der Waals surface area contributed by atoms with E-state index in [0.29, 0.717) is 17.7 Å². The molecule has 8 nitrogen and oxygen atoms in total. The molecule has 1 amide bonds. The number of alkyl halides is 3. The van der Waals surface area contributed by atoms with Gasteiger partial charge in [0.15, 0.2) is 11.4 Å². The van der Waals surface area contributed by atoms with E-state index in [0.717, 1.165) is 27.7 Å². The Balaban J connectivity index is 1.54. The molecule has 2 heterocycles. The Bertz CT molecular complexity index is 1490. The van der Waals surface area contributed by atoms with Gasteiger partial charge in [-0.15, -0.1) is 0 Å². The van der Waals surface area contributed by atoms with Gasteiger partial charge in [-0.05, 0) is 48.4 Å². The molecule has 1 N–H and O–H groups in total. The van der Waals surface area contributed by atoms with E-state index in [-0.39, 0.29) is 40.9 Å². The van der Waals surface area contributed by atoms with Crippen LogP contribution in [0.2, 0.25) is 0 Å². The van der Waals surface area contributed by atoms with Gasteiger partial charge in [0.25, 0.3) is 5.56 Å². The second-order valence-electron chi connectivity index (χ2n) is 8.67. The lowest BCUT2D eigenvalue weighted by atomic mass is 10.1. The SMILES string of the molecule is CC(C)CC(=O)Nc1ccc(C(=O)Cn2cnc3c(cnn3-c3cccc(C(F)(F)F)c3)c2=O)cc1. The zero-order valence-electron chi connectivity index (χ0n) is 19.4. The molecule has 0 fully saturated rings. The maximum Gasteiger partial charge on any atom is 0.416 e.